The summed E-state index contributed by atoms with van der Waals surface area (Å²) in [4.78, 5) is 23.4. The number of halogens is 1. The van der Waals surface area contributed by atoms with Crippen molar-refractivity contribution in [1.29, 1.82) is 0 Å². The fraction of sp³-hybridized carbons (Fsp3) is 0.238. The number of hydrogen-bond acceptors (Lipinski definition) is 5. The number of aromatic nitrogens is 3. The first-order valence-electron chi connectivity index (χ1n) is 9.47. The summed E-state index contributed by atoms with van der Waals surface area (Å²) in [5.41, 5.74) is 3.32. The second-order valence-corrected chi connectivity index (χ2v) is 8.43. The molecule has 1 aliphatic heterocycles. The Morgan fingerprint density at radius 2 is 1.90 bits per heavy atom. The number of benzene rings is 2. The van der Waals surface area contributed by atoms with Crippen molar-refractivity contribution in [2.75, 3.05) is 0 Å². The van der Waals surface area contributed by atoms with E-state index < -0.39 is 6.03 Å². The number of carbonyl (C=O) groups excluding carboxylic acids is 2. The van der Waals surface area contributed by atoms with Gasteiger partial charge in [0, 0.05) is 35.3 Å². The van der Waals surface area contributed by atoms with E-state index in [2.05, 4.69) is 39.9 Å². The topological polar surface area (TPSA) is 88.9 Å². The number of aryl methyl sites for hydroxylation is 1. The first-order chi connectivity index (χ1) is 14.5. The first kappa shape index (κ1) is 20.4. The Kier molecular flexibility index (Phi) is 6.06. The van der Waals surface area contributed by atoms with E-state index in [4.69, 9.17) is 11.6 Å². The largest absolute Gasteiger partial charge is 0.334 e. The lowest BCUT2D eigenvalue weighted by Gasteiger charge is -2.23. The lowest BCUT2D eigenvalue weighted by Crippen LogP contribution is -2.53. The van der Waals surface area contributed by atoms with E-state index in [0.717, 1.165) is 16.6 Å². The van der Waals surface area contributed by atoms with Crippen LogP contribution in [0.5, 0.6) is 0 Å². The predicted molar refractivity (Wildman–Crippen MR) is 116 cm³/mol. The molecule has 0 spiro atoms. The van der Waals surface area contributed by atoms with Crippen molar-refractivity contribution in [3.8, 4) is 5.69 Å². The van der Waals surface area contributed by atoms with E-state index in [0.29, 0.717) is 17.3 Å². The summed E-state index contributed by atoms with van der Waals surface area (Å²) >= 11 is 7.65. The second-order valence-electron chi connectivity index (χ2n) is 7.05. The molecule has 9 heteroatoms. The zero-order valence-electron chi connectivity index (χ0n) is 16.3. The maximum Gasteiger partial charge on any atom is 0.321 e. The SMILES string of the molecule is Cc1ccccc1CSc1nnc(CC2CC(=O)NC(=O)N2)n1-c1ccc(Cl)cc1. The third-order valence-electron chi connectivity index (χ3n) is 4.85. The number of hydrogen-bond donors (Lipinski definition) is 2. The summed E-state index contributed by atoms with van der Waals surface area (Å²) in [5, 5.41) is 15.2. The van der Waals surface area contributed by atoms with Gasteiger partial charge in [-0.15, -0.1) is 10.2 Å². The lowest BCUT2D eigenvalue weighted by molar-refractivity contribution is -0.121. The maximum absolute atomic E-state index is 11.7. The maximum atomic E-state index is 11.7. The van der Waals surface area contributed by atoms with Gasteiger partial charge in [0.05, 0.1) is 0 Å². The van der Waals surface area contributed by atoms with E-state index in [1.165, 1.54) is 11.1 Å². The fourth-order valence-corrected chi connectivity index (χ4v) is 4.48. The number of nitrogens with one attached hydrogen (secondary N) is 2. The average molecular weight is 442 g/mol. The fourth-order valence-electron chi connectivity index (χ4n) is 3.31. The highest BCUT2D eigenvalue weighted by molar-refractivity contribution is 7.98. The number of nitrogens with zero attached hydrogens (tertiary/aromatic N) is 3. The summed E-state index contributed by atoms with van der Waals surface area (Å²) < 4.78 is 1.96. The van der Waals surface area contributed by atoms with Crippen LogP contribution in [0.4, 0.5) is 4.79 Å². The Balaban J connectivity index is 1.63. The van der Waals surface area contributed by atoms with E-state index in [1.54, 1.807) is 11.8 Å². The number of amides is 3. The highest BCUT2D eigenvalue weighted by Gasteiger charge is 2.26. The summed E-state index contributed by atoms with van der Waals surface area (Å²) in [5.74, 6) is 1.13. The Morgan fingerprint density at radius 3 is 2.63 bits per heavy atom. The van der Waals surface area contributed by atoms with Crippen LogP contribution in [0, 0.1) is 6.92 Å². The molecule has 3 amide bonds. The standard InChI is InChI=1S/C21H20ClN5O2S/c1-13-4-2-3-5-14(13)12-30-21-26-25-18(10-16-11-19(28)24-20(29)23-16)27(21)17-8-6-15(22)7-9-17/h2-9,16H,10-12H2,1H3,(H2,23,24,28,29). The van der Waals surface area contributed by atoms with Gasteiger partial charge in [-0.3, -0.25) is 14.7 Å². The summed E-state index contributed by atoms with van der Waals surface area (Å²) in [6, 6.07) is 14.8. The van der Waals surface area contributed by atoms with Crippen molar-refractivity contribution < 1.29 is 9.59 Å². The second kappa shape index (κ2) is 8.89. The van der Waals surface area contributed by atoms with E-state index >= 15 is 0 Å². The third-order valence-corrected chi connectivity index (χ3v) is 6.08. The number of urea groups is 1. The van der Waals surface area contributed by atoms with Crippen LogP contribution in [-0.4, -0.2) is 32.7 Å². The zero-order chi connectivity index (χ0) is 21.1. The van der Waals surface area contributed by atoms with Gasteiger partial charge in [-0.05, 0) is 42.3 Å². The molecule has 0 aliphatic carbocycles. The molecule has 1 aromatic heterocycles. The van der Waals surface area contributed by atoms with Crippen LogP contribution in [0.25, 0.3) is 5.69 Å². The molecule has 1 atom stereocenters. The molecule has 1 saturated heterocycles. The Labute approximate surface area is 183 Å². The molecule has 2 N–H and O–H groups in total. The van der Waals surface area contributed by atoms with E-state index in [1.807, 2.05) is 41.0 Å². The van der Waals surface area contributed by atoms with Gasteiger partial charge in [-0.1, -0.05) is 47.6 Å². The summed E-state index contributed by atoms with van der Waals surface area (Å²) in [7, 11) is 0. The minimum atomic E-state index is -0.483. The van der Waals surface area contributed by atoms with Gasteiger partial charge in [0.1, 0.15) is 5.82 Å². The normalized spacial score (nSPS) is 16.3. The van der Waals surface area contributed by atoms with Gasteiger partial charge in [0.25, 0.3) is 0 Å². The molecule has 4 rings (SSSR count). The number of rotatable bonds is 6. The Bertz CT molecular complexity index is 1070. The molecular formula is C21H20ClN5O2S. The number of imide groups is 1. The minimum absolute atomic E-state index is 0.199. The molecule has 3 aromatic rings. The molecule has 1 fully saturated rings. The van der Waals surface area contributed by atoms with Crippen LogP contribution in [-0.2, 0) is 17.0 Å². The average Bonchev–Trinajstić information content (AvgIpc) is 3.09. The van der Waals surface area contributed by atoms with Gasteiger partial charge < -0.3 is 5.32 Å². The molecule has 0 radical (unpaired) electrons. The molecule has 154 valence electrons. The van der Waals surface area contributed by atoms with Crippen LogP contribution in [0.2, 0.25) is 5.02 Å². The first-order valence-corrected chi connectivity index (χ1v) is 10.8. The quantitative estimate of drug-likeness (QED) is 0.570. The minimum Gasteiger partial charge on any atom is -0.334 e. The molecule has 7 nitrogen and oxygen atoms in total. The van der Waals surface area contributed by atoms with Gasteiger partial charge in [-0.2, -0.15) is 0 Å². The van der Waals surface area contributed by atoms with Crippen LogP contribution in [0.1, 0.15) is 23.4 Å². The molecule has 2 heterocycles. The highest BCUT2D eigenvalue weighted by atomic mass is 35.5. The number of carbonyl (C=O) groups is 2. The molecule has 2 aromatic carbocycles. The van der Waals surface area contributed by atoms with Crippen molar-refractivity contribution in [1.82, 2.24) is 25.4 Å². The molecule has 30 heavy (non-hydrogen) atoms. The van der Waals surface area contributed by atoms with Crippen LogP contribution in [0.15, 0.2) is 53.7 Å². The highest BCUT2D eigenvalue weighted by Crippen LogP contribution is 2.27. The summed E-state index contributed by atoms with van der Waals surface area (Å²) in [6.07, 6.45) is 0.588. The van der Waals surface area contributed by atoms with Gasteiger partial charge in [0.15, 0.2) is 5.16 Å². The zero-order valence-corrected chi connectivity index (χ0v) is 17.8. The molecule has 1 aliphatic rings. The smallest absolute Gasteiger partial charge is 0.321 e. The van der Waals surface area contributed by atoms with E-state index in [9.17, 15) is 9.59 Å². The Hall–Kier alpha value is -2.84. The molecule has 1 unspecified atom stereocenters. The monoisotopic (exact) mass is 441 g/mol. The van der Waals surface area contributed by atoms with Crippen molar-refractivity contribution in [2.45, 2.75) is 36.7 Å². The number of thioether (sulfide) groups is 1. The van der Waals surface area contributed by atoms with Crippen molar-refractivity contribution in [3.63, 3.8) is 0 Å². The lowest BCUT2D eigenvalue weighted by atomic mass is 10.1. The third kappa shape index (κ3) is 4.66. The molecular weight excluding hydrogens is 422 g/mol. The van der Waals surface area contributed by atoms with Crippen molar-refractivity contribution in [2.24, 2.45) is 0 Å². The van der Waals surface area contributed by atoms with E-state index in [-0.39, 0.29) is 18.4 Å². The summed E-state index contributed by atoms with van der Waals surface area (Å²) in [6.45, 7) is 2.09. The van der Waals surface area contributed by atoms with Gasteiger partial charge >= 0.3 is 6.03 Å². The van der Waals surface area contributed by atoms with Crippen LogP contribution < -0.4 is 10.6 Å². The van der Waals surface area contributed by atoms with Crippen LogP contribution in [0.3, 0.4) is 0 Å². The van der Waals surface area contributed by atoms with Crippen LogP contribution >= 0.6 is 23.4 Å². The van der Waals surface area contributed by atoms with Crippen molar-refractivity contribution >= 4 is 35.3 Å². The Morgan fingerprint density at radius 1 is 1.13 bits per heavy atom. The molecule has 0 bridgehead atoms. The predicted octanol–water partition coefficient (Wildman–Crippen LogP) is 3.66. The van der Waals surface area contributed by atoms with Gasteiger partial charge in [-0.25, -0.2) is 4.79 Å². The molecule has 0 saturated carbocycles. The van der Waals surface area contributed by atoms with Crippen molar-refractivity contribution in [3.05, 3.63) is 70.5 Å². The van der Waals surface area contributed by atoms with Gasteiger partial charge in [0.2, 0.25) is 5.91 Å².